The van der Waals surface area contributed by atoms with E-state index in [0.717, 1.165) is 18.9 Å². The number of nitrogens with zero attached hydrogens (tertiary/aromatic N) is 3. The van der Waals surface area contributed by atoms with Crippen LogP contribution in [0.2, 0.25) is 0 Å². The number of piperazine rings is 1. The minimum Gasteiger partial charge on any atom is -0.353 e. The lowest BCUT2D eigenvalue weighted by molar-refractivity contribution is -0.126. The average Bonchev–Trinajstić information content (AvgIpc) is 2.61. The fourth-order valence-corrected chi connectivity index (χ4v) is 2.58. The first-order chi connectivity index (χ1) is 11.2. The molecule has 0 atom stereocenters. The van der Waals surface area contributed by atoms with E-state index in [1.54, 1.807) is 29.3 Å². The van der Waals surface area contributed by atoms with E-state index in [0.29, 0.717) is 18.7 Å². The lowest BCUT2D eigenvalue weighted by Crippen LogP contribution is -2.48. The van der Waals surface area contributed by atoms with E-state index in [4.69, 9.17) is 0 Å². The summed E-state index contributed by atoms with van der Waals surface area (Å²) in [6.07, 6.45) is 4.93. The molecular formula is C18H18FN3O. The smallest absolute Gasteiger partial charge is 0.246 e. The molecule has 2 aromatic rings. The molecule has 1 aromatic carbocycles. The molecule has 3 rings (SSSR count). The maximum absolute atomic E-state index is 13.1. The van der Waals surface area contributed by atoms with Crippen LogP contribution >= 0.6 is 0 Å². The second-order valence-corrected chi connectivity index (χ2v) is 5.39. The average molecular weight is 311 g/mol. The Balaban J connectivity index is 1.56. The molecule has 4 nitrogen and oxygen atoms in total. The molecule has 0 unspecified atom stereocenters. The summed E-state index contributed by atoms with van der Waals surface area (Å²) in [6.45, 7) is 2.83. The summed E-state index contributed by atoms with van der Waals surface area (Å²) in [4.78, 5) is 20.5. The third-order valence-corrected chi connectivity index (χ3v) is 3.83. The Kier molecular flexibility index (Phi) is 4.66. The van der Waals surface area contributed by atoms with Gasteiger partial charge in [0.25, 0.3) is 0 Å². The first-order valence-corrected chi connectivity index (χ1v) is 7.61. The maximum atomic E-state index is 13.1. The number of pyridine rings is 1. The van der Waals surface area contributed by atoms with E-state index in [1.165, 1.54) is 18.2 Å². The minimum absolute atomic E-state index is 0.0464. The van der Waals surface area contributed by atoms with Crippen molar-refractivity contribution in [3.8, 4) is 0 Å². The summed E-state index contributed by atoms with van der Waals surface area (Å²) < 4.78 is 13.1. The van der Waals surface area contributed by atoms with Crippen LogP contribution in [0.3, 0.4) is 0 Å². The van der Waals surface area contributed by atoms with Gasteiger partial charge in [0.2, 0.25) is 5.91 Å². The number of aromatic nitrogens is 1. The van der Waals surface area contributed by atoms with Crippen LogP contribution in [-0.4, -0.2) is 42.0 Å². The van der Waals surface area contributed by atoms with Crippen molar-refractivity contribution in [1.82, 2.24) is 9.88 Å². The van der Waals surface area contributed by atoms with Crippen LogP contribution < -0.4 is 4.90 Å². The Morgan fingerprint density at radius 3 is 2.61 bits per heavy atom. The van der Waals surface area contributed by atoms with Crippen LogP contribution in [0, 0.1) is 5.82 Å². The Bertz CT molecular complexity index is 694. The van der Waals surface area contributed by atoms with Crippen molar-refractivity contribution in [2.75, 3.05) is 31.1 Å². The third-order valence-electron chi connectivity index (χ3n) is 3.83. The summed E-state index contributed by atoms with van der Waals surface area (Å²) in [5, 5.41) is 0. The van der Waals surface area contributed by atoms with E-state index >= 15 is 0 Å². The molecule has 1 aliphatic heterocycles. The number of carbonyl (C=O) groups is 1. The van der Waals surface area contributed by atoms with Gasteiger partial charge in [0.15, 0.2) is 0 Å². The summed E-state index contributed by atoms with van der Waals surface area (Å²) >= 11 is 0. The summed E-state index contributed by atoms with van der Waals surface area (Å²) in [7, 11) is 0. The molecule has 1 aromatic heterocycles. The van der Waals surface area contributed by atoms with Crippen molar-refractivity contribution >= 4 is 17.8 Å². The molecule has 1 amide bonds. The zero-order valence-corrected chi connectivity index (χ0v) is 12.7. The van der Waals surface area contributed by atoms with Crippen molar-refractivity contribution < 1.29 is 9.18 Å². The third kappa shape index (κ3) is 3.94. The van der Waals surface area contributed by atoms with Gasteiger partial charge in [-0.05, 0) is 35.9 Å². The number of benzene rings is 1. The first-order valence-electron chi connectivity index (χ1n) is 7.61. The number of hydrogen-bond donors (Lipinski definition) is 0. The van der Waals surface area contributed by atoms with Gasteiger partial charge in [0.05, 0.1) is 0 Å². The molecule has 0 saturated carbocycles. The van der Waals surface area contributed by atoms with E-state index in [9.17, 15) is 9.18 Å². The normalized spacial score (nSPS) is 15.2. The van der Waals surface area contributed by atoms with E-state index < -0.39 is 0 Å². The van der Waals surface area contributed by atoms with Crippen molar-refractivity contribution in [1.29, 1.82) is 0 Å². The number of amides is 1. The van der Waals surface area contributed by atoms with Gasteiger partial charge in [-0.25, -0.2) is 9.37 Å². The standard InChI is InChI=1S/C18H18FN3O/c19-16-5-3-4-15(14-16)7-8-18(23)22-12-10-21(11-13-22)17-6-1-2-9-20-17/h1-9,14H,10-13H2/b8-7+. The Morgan fingerprint density at radius 1 is 1.09 bits per heavy atom. The van der Waals surface area contributed by atoms with Crippen LogP contribution in [0.5, 0.6) is 0 Å². The number of hydrogen-bond acceptors (Lipinski definition) is 3. The van der Waals surface area contributed by atoms with Gasteiger partial charge in [-0.15, -0.1) is 0 Å². The SMILES string of the molecule is O=C(/C=C/c1cccc(F)c1)N1CCN(c2ccccn2)CC1. The van der Waals surface area contributed by atoms with Gasteiger partial charge in [-0.1, -0.05) is 18.2 Å². The highest BCUT2D eigenvalue weighted by Gasteiger charge is 2.20. The highest BCUT2D eigenvalue weighted by atomic mass is 19.1. The molecule has 0 spiro atoms. The molecular weight excluding hydrogens is 293 g/mol. The van der Waals surface area contributed by atoms with Gasteiger partial charge in [0.1, 0.15) is 11.6 Å². The zero-order chi connectivity index (χ0) is 16.1. The molecule has 2 heterocycles. The second kappa shape index (κ2) is 7.05. The zero-order valence-electron chi connectivity index (χ0n) is 12.7. The van der Waals surface area contributed by atoms with Gasteiger partial charge >= 0.3 is 0 Å². The van der Waals surface area contributed by atoms with Crippen molar-refractivity contribution in [3.63, 3.8) is 0 Å². The molecule has 23 heavy (non-hydrogen) atoms. The molecule has 0 N–H and O–H groups in total. The van der Waals surface area contributed by atoms with Gasteiger partial charge in [0, 0.05) is 38.5 Å². The maximum Gasteiger partial charge on any atom is 0.246 e. The monoisotopic (exact) mass is 311 g/mol. The number of rotatable bonds is 3. The summed E-state index contributed by atoms with van der Waals surface area (Å²) in [6, 6.07) is 12.0. The number of anilines is 1. The van der Waals surface area contributed by atoms with Crippen molar-refractivity contribution in [2.45, 2.75) is 0 Å². The second-order valence-electron chi connectivity index (χ2n) is 5.39. The van der Waals surface area contributed by atoms with Gasteiger partial charge < -0.3 is 9.80 Å². The molecule has 0 aliphatic carbocycles. The minimum atomic E-state index is -0.302. The highest BCUT2D eigenvalue weighted by Crippen LogP contribution is 2.13. The first kappa shape index (κ1) is 15.2. The Hall–Kier alpha value is -2.69. The van der Waals surface area contributed by atoms with Crippen LogP contribution in [0.1, 0.15) is 5.56 Å². The summed E-state index contributed by atoms with van der Waals surface area (Å²) in [5.74, 6) is 0.591. The van der Waals surface area contributed by atoms with E-state index in [1.807, 2.05) is 18.2 Å². The van der Waals surface area contributed by atoms with Crippen LogP contribution in [-0.2, 0) is 4.79 Å². The van der Waals surface area contributed by atoms with Gasteiger partial charge in [-0.3, -0.25) is 4.79 Å². The molecule has 5 heteroatoms. The number of carbonyl (C=O) groups excluding carboxylic acids is 1. The van der Waals surface area contributed by atoms with Gasteiger partial charge in [-0.2, -0.15) is 0 Å². The quantitative estimate of drug-likeness (QED) is 0.818. The molecule has 0 radical (unpaired) electrons. The topological polar surface area (TPSA) is 36.4 Å². The molecule has 1 saturated heterocycles. The van der Waals surface area contributed by atoms with E-state index in [2.05, 4.69) is 9.88 Å². The van der Waals surface area contributed by atoms with E-state index in [-0.39, 0.29) is 11.7 Å². The Morgan fingerprint density at radius 2 is 1.91 bits per heavy atom. The van der Waals surface area contributed by atoms with Crippen LogP contribution in [0.15, 0.2) is 54.7 Å². The van der Waals surface area contributed by atoms with Crippen molar-refractivity contribution in [2.24, 2.45) is 0 Å². The fraction of sp³-hybridized carbons (Fsp3) is 0.222. The highest BCUT2D eigenvalue weighted by molar-refractivity contribution is 5.91. The largest absolute Gasteiger partial charge is 0.353 e. The number of halogens is 1. The van der Waals surface area contributed by atoms with Crippen LogP contribution in [0.25, 0.3) is 6.08 Å². The van der Waals surface area contributed by atoms with Crippen LogP contribution in [0.4, 0.5) is 10.2 Å². The molecule has 0 bridgehead atoms. The predicted molar refractivity (Wildman–Crippen MR) is 88.5 cm³/mol. The lowest BCUT2D eigenvalue weighted by atomic mass is 10.2. The predicted octanol–water partition coefficient (Wildman–Crippen LogP) is 2.58. The summed E-state index contributed by atoms with van der Waals surface area (Å²) in [5.41, 5.74) is 0.686. The molecule has 1 aliphatic rings. The fourth-order valence-electron chi connectivity index (χ4n) is 2.58. The lowest BCUT2D eigenvalue weighted by Gasteiger charge is -2.34. The Labute approximate surface area is 134 Å². The van der Waals surface area contributed by atoms with Crippen molar-refractivity contribution in [3.05, 3.63) is 66.1 Å². The molecule has 118 valence electrons. The molecule has 1 fully saturated rings.